The molecule has 0 amide bonds. The highest BCUT2D eigenvalue weighted by atomic mass is 16.5. The van der Waals surface area contributed by atoms with Gasteiger partial charge >= 0.3 is 0 Å². The summed E-state index contributed by atoms with van der Waals surface area (Å²) in [6, 6.07) is 11.5. The van der Waals surface area contributed by atoms with Crippen molar-refractivity contribution in [3.05, 3.63) is 48.3 Å². The van der Waals surface area contributed by atoms with Crippen LogP contribution < -0.4 is 14.8 Å². The monoisotopic (exact) mass is 258 g/mol. The molecule has 0 aliphatic heterocycles. The summed E-state index contributed by atoms with van der Waals surface area (Å²) in [5, 5.41) is 3.07. The molecule has 100 valence electrons. The van der Waals surface area contributed by atoms with Gasteiger partial charge in [-0.1, -0.05) is 0 Å². The molecule has 0 spiro atoms. The highest BCUT2D eigenvalue weighted by molar-refractivity contribution is 5.42. The van der Waals surface area contributed by atoms with Gasteiger partial charge in [0, 0.05) is 18.9 Å². The molecule has 1 aromatic carbocycles. The number of hydrogen-bond acceptors (Lipinski definition) is 4. The van der Waals surface area contributed by atoms with Crippen molar-refractivity contribution in [2.45, 2.75) is 13.5 Å². The zero-order valence-corrected chi connectivity index (χ0v) is 11.2. The van der Waals surface area contributed by atoms with Gasteiger partial charge in [-0.25, -0.2) is 0 Å². The van der Waals surface area contributed by atoms with Crippen LogP contribution in [0.2, 0.25) is 0 Å². The van der Waals surface area contributed by atoms with Gasteiger partial charge in [0.2, 0.25) is 0 Å². The van der Waals surface area contributed by atoms with Gasteiger partial charge in [0.15, 0.2) is 0 Å². The van der Waals surface area contributed by atoms with Crippen LogP contribution in [0.4, 0.5) is 5.69 Å². The number of rotatable bonds is 6. The first-order chi connectivity index (χ1) is 9.31. The van der Waals surface area contributed by atoms with Crippen molar-refractivity contribution in [3.8, 4) is 11.5 Å². The molecule has 0 saturated heterocycles. The van der Waals surface area contributed by atoms with E-state index in [0.29, 0.717) is 13.2 Å². The fraction of sp³-hybridized carbons (Fsp3) is 0.267. The van der Waals surface area contributed by atoms with E-state index in [1.165, 1.54) is 0 Å². The molecule has 0 aliphatic rings. The summed E-state index contributed by atoms with van der Waals surface area (Å²) < 4.78 is 11.1. The third-order valence-corrected chi connectivity index (χ3v) is 2.63. The maximum Gasteiger partial charge on any atom is 0.130 e. The lowest BCUT2D eigenvalue weighted by Gasteiger charge is -2.08. The number of benzene rings is 1. The van der Waals surface area contributed by atoms with Crippen molar-refractivity contribution in [1.82, 2.24) is 4.98 Å². The molecule has 2 rings (SSSR count). The van der Waals surface area contributed by atoms with Crippen molar-refractivity contribution < 1.29 is 9.47 Å². The summed E-state index contributed by atoms with van der Waals surface area (Å²) in [7, 11) is 1.88. The van der Waals surface area contributed by atoms with Crippen LogP contribution >= 0.6 is 0 Å². The van der Waals surface area contributed by atoms with Gasteiger partial charge < -0.3 is 14.8 Å². The molecule has 0 radical (unpaired) electrons. The molecule has 0 bridgehead atoms. The van der Waals surface area contributed by atoms with Crippen LogP contribution in [-0.4, -0.2) is 18.6 Å². The van der Waals surface area contributed by atoms with Gasteiger partial charge in [-0.3, -0.25) is 4.98 Å². The van der Waals surface area contributed by atoms with Crippen LogP contribution in [0, 0.1) is 0 Å². The van der Waals surface area contributed by atoms with E-state index in [-0.39, 0.29) is 0 Å². The number of hydrogen-bond donors (Lipinski definition) is 1. The van der Waals surface area contributed by atoms with Crippen molar-refractivity contribution in [3.63, 3.8) is 0 Å². The molecule has 0 atom stereocenters. The predicted octanol–water partition coefficient (Wildman–Crippen LogP) is 3.10. The van der Waals surface area contributed by atoms with E-state index in [1.807, 2.05) is 50.4 Å². The summed E-state index contributed by atoms with van der Waals surface area (Å²) in [5.74, 6) is 1.66. The topological polar surface area (TPSA) is 43.4 Å². The minimum absolute atomic E-state index is 0.448. The lowest BCUT2D eigenvalue weighted by atomic mass is 10.3. The molecule has 1 aromatic heterocycles. The first-order valence-corrected chi connectivity index (χ1v) is 6.30. The largest absolute Gasteiger partial charge is 0.494 e. The third-order valence-electron chi connectivity index (χ3n) is 2.63. The minimum Gasteiger partial charge on any atom is -0.494 e. The van der Waals surface area contributed by atoms with Gasteiger partial charge in [-0.15, -0.1) is 0 Å². The molecule has 1 N–H and O–H groups in total. The Balaban J connectivity index is 1.94. The Morgan fingerprint density at radius 2 is 1.74 bits per heavy atom. The minimum atomic E-state index is 0.448. The molecule has 0 fully saturated rings. The second-order valence-electron chi connectivity index (χ2n) is 3.98. The molecule has 1 heterocycles. The Morgan fingerprint density at radius 3 is 2.37 bits per heavy atom. The molecular weight excluding hydrogens is 240 g/mol. The fourth-order valence-corrected chi connectivity index (χ4v) is 1.67. The highest BCUT2D eigenvalue weighted by Gasteiger charge is 1.99. The summed E-state index contributed by atoms with van der Waals surface area (Å²) in [5.41, 5.74) is 1.92. The van der Waals surface area contributed by atoms with Crippen molar-refractivity contribution in [1.29, 1.82) is 0 Å². The van der Waals surface area contributed by atoms with E-state index < -0.39 is 0 Å². The molecule has 2 aromatic rings. The predicted molar refractivity (Wildman–Crippen MR) is 75.7 cm³/mol. The number of anilines is 1. The SMILES string of the molecule is CCOc1ccc(OCc2cc(NC)ccn2)cc1. The van der Waals surface area contributed by atoms with Crippen LogP contribution in [0.25, 0.3) is 0 Å². The second kappa shape index (κ2) is 6.64. The smallest absolute Gasteiger partial charge is 0.130 e. The molecule has 0 aliphatic carbocycles. The van der Waals surface area contributed by atoms with Gasteiger partial charge in [-0.05, 0) is 43.3 Å². The summed E-state index contributed by atoms with van der Waals surface area (Å²) in [6.07, 6.45) is 1.77. The Morgan fingerprint density at radius 1 is 1.05 bits per heavy atom. The van der Waals surface area contributed by atoms with E-state index in [9.17, 15) is 0 Å². The van der Waals surface area contributed by atoms with Gasteiger partial charge in [-0.2, -0.15) is 0 Å². The number of aromatic nitrogens is 1. The van der Waals surface area contributed by atoms with E-state index in [4.69, 9.17) is 9.47 Å². The van der Waals surface area contributed by atoms with Crippen LogP contribution in [-0.2, 0) is 6.61 Å². The lowest BCUT2D eigenvalue weighted by molar-refractivity contribution is 0.299. The van der Waals surface area contributed by atoms with Crippen LogP contribution in [0.3, 0.4) is 0 Å². The molecule has 4 nitrogen and oxygen atoms in total. The lowest BCUT2D eigenvalue weighted by Crippen LogP contribution is -1.99. The molecule has 0 unspecified atom stereocenters. The molecular formula is C15H18N2O2. The third kappa shape index (κ3) is 3.88. The first kappa shape index (κ1) is 13.2. The average molecular weight is 258 g/mol. The summed E-state index contributed by atoms with van der Waals surface area (Å²) in [6.45, 7) is 3.08. The average Bonchev–Trinajstić information content (AvgIpc) is 2.47. The maximum atomic E-state index is 5.68. The number of nitrogens with one attached hydrogen (secondary N) is 1. The van der Waals surface area contributed by atoms with E-state index in [0.717, 1.165) is 22.9 Å². The number of ether oxygens (including phenoxy) is 2. The zero-order valence-electron chi connectivity index (χ0n) is 11.2. The van der Waals surface area contributed by atoms with Crippen molar-refractivity contribution in [2.75, 3.05) is 19.0 Å². The highest BCUT2D eigenvalue weighted by Crippen LogP contribution is 2.18. The quantitative estimate of drug-likeness (QED) is 0.864. The molecule has 19 heavy (non-hydrogen) atoms. The number of pyridine rings is 1. The zero-order chi connectivity index (χ0) is 13.5. The molecule has 0 saturated carbocycles. The van der Waals surface area contributed by atoms with Gasteiger partial charge in [0.1, 0.15) is 18.1 Å². The van der Waals surface area contributed by atoms with Crippen molar-refractivity contribution >= 4 is 5.69 Å². The van der Waals surface area contributed by atoms with Gasteiger partial charge in [0.05, 0.1) is 12.3 Å². The fourth-order valence-electron chi connectivity index (χ4n) is 1.67. The second-order valence-corrected chi connectivity index (χ2v) is 3.98. The Bertz CT molecular complexity index is 512. The summed E-state index contributed by atoms with van der Waals surface area (Å²) >= 11 is 0. The standard InChI is InChI=1S/C15H18N2O2/c1-3-18-14-4-6-15(7-5-14)19-11-13-10-12(16-2)8-9-17-13/h4-10H,3,11H2,1-2H3,(H,16,17). The maximum absolute atomic E-state index is 5.68. The Labute approximate surface area is 113 Å². The van der Waals surface area contributed by atoms with Crippen LogP contribution in [0.1, 0.15) is 12.6 Å². The van der Waals surface area contributed by atoms with E-state index in [2.05, 4.69) is 10.3 Å². The Kier molecular flexibility index (Phi) is 4.61. The number of nitrogens with zero attached hydrogens (tertiary/aromatic N) is 1. The van der Waals surface area contributed by atoms with Crippen molar-refractivity contribution in [2.24, 2.45) is 0 Å². The van der Waals surface area contributed by atoms with E-state index in [1.54, 1.807) is 6.20 Å². The summed E-state index contributed by atoms with van der Waals surface area (Å²) in [4.78, 5) is 4.26. The van der Waals surface area contributed by atoms with E-state index >= 15 is 0 Å². The first-order valence-electron chi connectivity index (χ1n) is 6.30. The molecule has 4 heteroatoms. The normalized spacial score (nSPS) is 10.0. The van der Waals surface area contributed by atoms with Crippen LogP contribution in [0.15, 0.2) is 42.6 Å². The van der Waals surface area contributed by atoms with Gasteiger partial charge in [0.25, 0.3) is 0 Å². The Hall–Kier alpha value is -2.23. The van der Waals surface area contributed by atoms with Crippen LogP contribution in [0.5, 0.6) is 11.5 Å².